The van der Waals surface area contributed by atoms with Crippen LogP contribution in [0.5, 0.6) is 0 Å². The highest BCUT2D eigenvalue weighted by atomic mass is 35.5. The van der Waals surface area contributed by atoms with E-state index in [0.29, 0.717) is 11.3 Å². The normalized spacial score (nSPS) is 14.1. The van der Waals surface area contributed by atoms with Gasteiger partial charge in [0.25, 0.3) is 5.91 Å². The monoisotopic (exact) mass is 481 g/mol. The highest BCUT2D eigenvalue weighted by molar-refractivity contribution is 7.99. The molecule has 1 heterocycles. The lowest BCUT2D eigenvalue weighted by Gasteiger charge is -2.34. The lowest BCUT2D eigenvalue weighted by atomic mass is 10.1. The van der Waals surface area contributed by atoms with E-state index in [1.54, 1.807) is 36.0 Å². The molecule has 3 rings (SSSR count). The molecule has 1 fully saturated rings. The summed E-state index contributed by atoms with van der Waals surface area (Å²) in [5.74, 6) is 1.39. The van der Waals surface area contributed by atoms with Crippen LogP contribution in [0.4, 0.5) is 5.69 Å². The summed E-state index contributed by atoms with van der Waals surface area (Å²) in [4.78, 5) is 28.9. The largest absolute Gasteiger partial charge is 0.336 e. The van der Waals surface area contributed by atoms with Gasteiger partial charge in [0.2, 0.25) is 5.91 Å². The number of benzene rings is 2. The highest BCUT2D eigenvalue weighted by Crippen LogP contribution is 2.15. The van der Waals surface area contributed by atoms with Crippen LogP contribution >= 0.6 is 35.8 Å². The number of thioether (sulfide) groups is 1. The van der Waals surface area contributed by atoms with E-state index in [9.17, 15) is 9.59 Å². The molecule has 0 aliphatic carbocycles. The third-order valence-electron chi connectivity index (χ3n) is 5.14. The molecule has 168 valence electrons. The zero-order chi connectivity index (χ0) is 21.3. The summed E-state index contributed by atoms with van der Waals surface area (Å²) < 4.78 is 0. The van der Waals surface area contributed by atoms with Gasteiger partial charge in [0.15, 0.2) is 0 Å². The van der Waals surface area contributed by atoms with Gasteiger partial charge in [0.05, 0.1) is 5.75 Å². The SMILES string of the molecule is CCSCC(=O)Nc1ccc(C(=O)N2CCN(CCc3ccc(Cl)cc3)CC2)cc1.Cl. The number of anilines is 1. The van der Waals surface area contributed by atoms with Crippen molar-refractivity contribution in [2.45, 2.75) is 13.3 Å². The third kappa shape index (κ3) is 8.04. The maximum absolute atomic E-state index is 12.8. The number of rotatable bonds is 8. The Bertz CT molecular complexity index is 839. The molecule has 0 atom stereocenters. The minimum atomic E-state index is -0.0179. The van der Waals surface area contributed by atoms with E-state index in [2.05, 4.69) is 22.3 Å². The maximum atomic E-state index is 12.8. The molecular formula is C23H29Cl2N3O2S. The number of carbonyl (C=O) groups excluding carboxylic acids is 2. The lowest BCUT2D eigenvalue weighted by molar-refractivity contribution is -0.113. The first kappa shape index (κ1) is 25.5. The first-order valence-electron chi connectivity index (χ1n) is 10.3. The highest BCUT2D eigenvalue weighted by Gasteiger charge is 2.22. The summed E-state index contributed by atoms with van der Waals surface area (Å²) in [5.41, 5.74) is 2.66. The quantitative estimate of drug-likeness (QED) is 0.604. The fourth-order valence-electron chi connectivity index (χ4n) is 3.38. The molecule has 5 nitrogen and oxygen atoms in total. The number of hydrogen-bond acceptors (Lipinski definition) is 4. The first-order valence-corrected chi connectivity index (χ1v) is 11.8. The van der Waals surface area contributed by atoms with Gasteiger partial charge in [-0.05, 0) is 54.1 Å². The fraction of sp³-hybridized carbons (Fsp3) is 0.391. The Hall–Kier alpha value is -1.73. The third-order valence-corrected chi connectivity index (χ3v) is 6.27. The van der Waals surface area contributed by atoms with Gasteiger partial charge in [-0.25, -0.2) is 0 Å². The predicted octanol–water partition coefficient (Wildman–Crippen LogP) is 4.45. The van der Waals surface area contributed by atoms with E-state index in [-0.39, 0.29) is 24.2 Å². The summed E-state index contributed by atoms with van der Waals surface area (Å²) in [6, 6.07) is 15.2. The summed E-state index contributed by atoms with van der Waals surface area (Å²) in [6.45, 7) is 6.22. The Labute approximate surface area is 199 Å². The summed E-state index contributed by atoms with van der Waals surface area (Å²) >= 11 is 7.52. The van der Waals surface area contributed by atoms with Gasteiger partial charge in [-0.3, -0.25) is 14.5 Å². The first-order chi connectivity index (χ1) is 14.5. The van der Waals surface area contributed by atoms with Crippen LogP contribution in [-0.2, 0) is 11.2 Å². The van der Waals surface area contributed by atoms with Crippen molar-refractivity contribution >= 4 is 53.3 Å². The van der Waals surface area contributed by atoms with Crippen LogP contribution < -0.4 is 5.32 Å². The summed E-state index contributed by atoms with van der Waals surface area (Å²) in [5, 5.41) is 3.62. The fourth-order valence-corrected chi connectivity index (χ4v) is 3.97. The smallest absolute Gasteiger partial charge is 0.253 e. The van der Waals surface area contributed by atoms with Crippen molar-refractivity contribution in [2.24, 2.45) is 0 Å². The Morgan fingerprint density at radius 2 is 1.65 bits per heavy atom. The van der Waals surface area contributed by atoms with Crippen molar-refractivity contribution in [3.63, 3.8) is 0 Å². The summed E-state index contributed by atoms with van der Waals surface area (Å²) in [6.07, 6.45) is 0.981. The number of nitrogens with zero attached hydrogens (tertiary/aromatic N) is 2. The van der Waals surface area contributed by atoms with E-state index in [1.165, 1.54) is 5.56 Å². The lowest BCUT2D eigenvalue weighted by Crippen LogP contribution is -2.49. The molecule has 0 spiro atoms. The van der Waals surface area contributed by atoms with Crippen LogP contribution in [0, 0.1) is 0 Å². The Kier molecular flexibility index (Phi) is 10.7. The second kappa shape index (κ2) is 13.0. The molecule has 1 aliphatic heterocycles. The Morgan fingerprint density at radius 1 is 1.00 bits per heavy atom. The molecule has 8 heteroatoms. The van der Waals surface area contributed by atoms with Crippen molar-refractivity contribution < 1.29 is 9.59 Å². The van der Waals surface area contributed by atoms with E-state index < -0.39 is 0 Å². The molecule has 1 aliphatic rings. The second-order valence-electron chi connectivity index (χ2n) is 7.27. The molecule has 0 aromatic heterocycles. The van der Waals surface area contributed by atoms with Gasteiger partial charge in [0.1, 0.15) is 0 Å². The number of amides is 2. The molecule has 1 saturated heterocycles. The maximum Gasteiger partial charge on any atom is 0.253 e. The number of piperazine rings is 1. The molecule has 1 N–H and O–H groups in total. The average Bonchev–Trinajstić information content (AvgIpc) is 2.78. The van der Waals surface area contributed by atoms with Crippen LogP contribution in [0.2, 0.25) is 5.02 Å². The predicted molar refractivity (Wildman–Crippen MR) is 133 cm³/mol. The van der Waals surface area contributed by atoms with Gasteiger partial charge < -0.3 is 10.2 Å². The van der Waals surface area contributed by atoms with Crippen molar-refractivity contribution in [1.82, 2.24) is 9.80 Å². The number of halogens is 2. The van der Waals surface area contributed by atoms with Gasteiger partial charge in [-0.1, -0.05) is 30.7 Å². The van der Waals surface area contributed by atoms with E-state index in [1.807, 2.05) is 24.0 Å². The summed E-state index contributed by atoms with van der Waals surface area (Å²) in [7, 11) is 0. The van der Waals surface area contributed by atoms with Crippen LogP contribution in [0.3, 0.4) is 0 Å². The number of carbonyl (C=O) groups is 2. The van der Waals surface area contributed by atoms with Gasteiger partial charge in [-0.2, -0.15) is 11.8 Å². The Balaban J connectivity index is 0.00000341. The van der Waals surface area contributed by atoms with Crippen LogP contribution in [0.25, 0.3) is 0 Å². The molecule has 0 radical (unpaired) electrons. The Morgan fingerprint density at radius 3 is 2.26 bits per heavy atom. The molecular weight excluding hydrogens is 453 g/mol. The molecule has 0 unspecified atom stereocenters. The standard InChI is InChI=1S/C23H28ClN3O2S.ClH/c1-2-30-17-22(28)25-21-9-5-19(6-10-21)23(29)27-15-13-26(14-16-27)12-11-18-3-7-20(24)8-4-18;/h3-10H,2,11-17H2,1H3,(H,25,28);1H. The van der Waals surface area contributed by atoms with Crippen LogP contribution in [0.15, 0.2) is 48.5 Å². The van der Waals surface area contributed by atoms with Crippen molar-refractivity contribution in [3.8, 4) is 0 Å². The van der Waals surface area contributed by atoms with Gasteiger partial charge >= 0.3 is 0 Å². The van der Waals surface area contributed by atoms with Crippen molar-refractivity contribution in [2.75, 3.05) is 49.5 Å². The van der Waals surface area contributed by atoms with Crippen molar-refractivity contribution in [1.29, 1.82) is 0 Å². The minimum absolute atomic E-state index is 0. The molecule has 0 bridgehead atoms. The van der Waals surface area contributed by atoms with Crippen molar-refractivity contribution in [3.05, 3.63) is 64.7 Å². The van der Waals surface area contributed by atoms with E-state index >= 15 is 0 Å². The molecule has 0 saturated carbocycles. The molecule has 31 heavy (non-hydrogen) atoms. The second-order valence-corrected chi connectivity index (χ2v) is 8.98. The molecule has 2 aromatic carbocycles. The number of hydrogen-bond donors (Lipinski definition) is 1. The van der Waals surface area contributed by atoms with Gasteiger partial charge in [0, 0.05) is 49.0 Å². The van der Waals surface area contributed by atoms with E-state index in [0.717, 1.165) is 55.6 Å². The zero-order valence-electron chi connectivity index (χ0n) is 17.7. The number of nitrogens with one attached hydrogen (secondary N) is 1. The van der Waals surface area contributed by atoms with Crippen LogP contribution in [0.1, 0.15) is 22.8 Å². The van der Waals surface area contributed by atoms with E-state index in [4.69, 9.17) is 11.6 Å². The minimum Gasteiger partial charge on any atom is -0.336 e. The topological polar surface area (TPSA) is 52.7 Å². The molecule has 2 amide bonds. The van der Waals surface area contributed by atoms with Gasteiger partial charge in [-0.15, -0.1) is 12.4 Å². The zero-order valence-corrected chi connectivity index (χ0v) is 20.1. The average molecular weight is 482 g/mol. The van der Waals surface area contributed by atoms with Crippen LogP contribution in [-0.4, -0.2) is 65.8 Å². The molecule has 2 aromatic rings.